The van der Waals surface area contributed by atoms with Gasteiger partial charge in [-0.3, -0.25) is 4.79 Å². The smallest absolute Gasteiger partial charge is 0.238 e. The molecule has 0 bridgehead atoms. The standard InChI is InChI=1S/C24H31N5O3S/c1-2-29-22-12-11-20(33(25,31)32)17-21(22)27-23(29)13-14-24(30)26-18-7-9-19(10-8-18)28-15-5-3-4-6-16-28/h7-12,17H,2-6,13-16H2,1H3,(H,26,30)(H2,25,31,32). The largest absolute Gasteiger partial charge is 0.372 e. The molecular formula is C24H31N5O3S. The van der Waals surface area contributed by atoms with Crippen molar-refractivity contribution in [2.75, 3.05) is 23.3 Å². The molecular weight excluding hydrogens is 438 g/mol. The first-order chi connectivity index (χ1) is 15.8. The Morgan fingerprint density at radius 1 is 1.06 bits per heavy atom. The first-order valence-electron chi connectivity index (χ1n) is 11.5. The van der Waals surface area contributed by atoms with Crippen molar-refractivity contribution in [3.05, 3.63) is 48.3 Å². The van der Waals surface area contributed by atoms with E-state index in [0.29, 0.717) is 18.5 Å². The minimum atomic E-state index is -3.79. The Bertz CT molecular complexity index is 1230. The Morgan fingerprint density at radius 3 is 2.39 bits per heavy atom. The number of nitrogens with two attached hydrogens (primary N) is 1. The van der Waals surface area contributed by atoms with Gasteiger partial charge in [0.25, 0.3) is 0 Å². The van der Waals surface area contributed by atoms with E-state index in [1.807, 2.05) is 23.6 Å². The molecule has 0 atom stereocenters. The molecule has 1 aliphatic heterocycles. The van der Waals surface area contributed by atoms with Gasteiger partial charge in [-0.15, -0.1) is 0 Å². The second kappa shape index (κ2) is 9.93. The normalized spacial score (nSPS) is 14.9. The van der Waals surface area contributed by atoms with Gasteiger partial charge in [-0.05, 0) is 62.2 Å². The van der Waals surface area contributed by atoms with Crippen molar-refractivity contribution in [3.63, 3.8) is 0 Å². The highest BCUT2D eigenvalue weighted by molar-refractivity contribution is 7.89. The molecule has 9 heteroatoms. The zero-order valence-electron chi connectivity index (χ0n) is 19.0. The van der Waals surface area contributed by atoms with Crippen LogP contribution in [0.5, 0.6) is 0 Å². The highest BCUT2D eigenvalue weighted by atomic mass is 32.2. The predicted octanol–water partition coefficient (Wildman–Crippen LogP) is 3.66. The number of anilines is 2. The molecule has 33 heavy (non-hydrogen) atoms. The van der Waals surface area contributed by atoms with Gasteiger partial charge in [-0.25, -0.2) is 18.5 Å². The van der Waals surface area contributed by atoms with Crippen LogP contribution in [0, 0.1) is 0 Å². The number of aryl methyl sites for hydroxylation is 2. The van der Waals surface area contributed by atoms with Crippen molar-refractivity contribution in [3.8, 4) is 0 Å². The van der Waals surface area contributed by atoms with Crippen LogP contribution < -0.4 is 15.4 Å². The lowest BCUT2D eigenvalue weighted by Gasteiger charge is -2.22. The van der Waals surface area contributed by atoms with Gasteiger partial charge in [0.1, 0.15) is 5.82 Å². The summed E-state index contributed by atoms with van der Waals surface area (Å²) >= 11 is 0. The van der Waals surface area contributed by atoms with Crippen LogP contribution in [-0.4, -0.2) is 37.0 Å². The van der Waals surface area contributed by atoms with Gasteiger partial charge < -0.3 is 14.8 Å². The molecule has 1 aliphatic rings. The highest BCUT2D eigenvalue weighted by Crippen LogP contribution is 2.23. The highest BCUT2D eigenvalue weighted by Gasteiger charge is 2.15. The number of imidazole rings is 1. The van der Waals surface area contributed by atoms with E-state index in [2.05, 4.69) is 27.3 Å². The molecule has 4 rings (SSSR count). The molecule has 8 nitrogen and oxygen atoms in total. The molecule has 1 fully saturated rings. The van der Waals surface area contributed by atoms with Gasteiger partial charge in [-0.2, -0.15) is 0 Å². The van der Waals surface area contributed by atoms with E-state index >= 15 is 0 Å². The molecule has 176 valence electrons. The van der Waals surface area contributed by atoms with E-state index in [1.165, 1.54) is 43.5 Å². The van der Waals surface area contributed by atoms with Crippen molar-refractivity contribution in [1.82, 2.24) is 9.55 Å². The van der Waals surface area contributed by atoms with Gasteiger partial charge >= 0.3 is 0 Å². The quantitative estimate of drug-likeness (QED) is 0.549. The Labute approximate surface area is 194 Å². The average Bonchev–Trinajstić information content (AvgIpc) is 2.94. The molecule has 1 aromatic heterocycles. The summed E-state index contributed by atoms with van der Waals surface area (Å²) in [4.78, 5) is 19.6. The number of nitrogens with one attached hydrogen (secondary N) is 1. The summed E-state index contributed by atoms with van der Waals surface area (Å²) in [6, 6.07) is 12.7. The summed E-state index contributed by atoms with van der Waals surface area (Å²) in [5.74, 6) is 0.656. The van der Waals surface area contributed by atoms with E-state index in [4.69, 9.17) is 5.14 Å². The third-order valence-corrected chi connectivity index (χ3v) is 7.05. The molecule has 2 aromatic carbocycles. The average molecular weight is 470 g/mol. The molecule has 3 N–H and O–H groups in total. The van der Waals surface area contributed by atoms with Crippen molar-refractivity contribution in [2.24, 2.45) is 5.14 Å². The number of hydrogen-bond donors (Lipinski definition) is 2. The van der Waals surface area contributed by atoms with Crippen LogP contribution in [0.2, 0.25) is 0 Å². The van der Waals surface area contributed by atoms with Crippen LogP contribution >= 0.6 is 0 Å². The van der Waals surface area contributed by atoms with E-state index in [-0.39, 0.29) is 17.2 Å². The van der Waals surface area contributed by atoms with Crippen molar-refractivity contribution in [1.29, 1.82) is 0 Å². The number of carbonyl (C=O) groups excluding carboxylic acids is 1. The zero-order chi connectivity index (χ0) is 23.4. The lowest BCUT2D eigenvalue weighted by Crippen LogP contribution is -2.23. The summed E-state index contributed by atoms with van der Waals surface area (Å²) < 4.78 is 25.3. The predicted molar refractivity (Wildman–Crippen MR) is 131 cm³/mol. The third-order valence-electron chi connectivity index (χ3n) is 6.14. The Kier molecular flexibility index (Phi) is 6.99. The lowest BCUT2D eigenvalue weighted by molar-refractivity contribution is -0.116. The van der Waals surface area contributed by atoms with Gasteiger partial charge in [-0.1, -0.05) is 12.8 Å². The summed E-state index contributed by atoms with van der Waals surface area (Å²) in [5.41, 5.74) is 3.36. The van der Waals surface area contributed by atoms with Gasteiger partial charge in [0.15, 0.2) is 0 Å². The van der Waals surface area contributed by atoms with Crippen LogP contribution in [0.25, 0.3) is 11.0 Å². The van der Waals surface area contributed by atoms with E-state index in [0.717, 1.165) is 30.1 Å². The number of primary sulfonamides is 1. The number of amides is 1. The Hall–Kier alpha value is -2.91. The topological polar surface area (TPSA) is 110 Å². The number of sulfonamides is 1. The van der Waals surface area contributed by atoms with Crippen LogP contribution in [0.3, 0.4) is 0 Å². The van der Waals surface area contributed by atoms with Crippen LogP contribution in [0.15, 0.2) is 47.4 Å². The number of carbonyl (C=O) groups is 1. The van der Waals surface area contributed by atoms with Crippen LogP contribution in [0.4, 0.5) is 11.4 Å². The number of aromatic nitrogens is 2. The Balaban J connectivity index is 1.40. The molecule has 0 aliphatic carbocycles. The lowest BCUT2D eigenvalue weighted by atomic mass is 10.2. The summed E-state index contributed by atoms with van der Waals surface area (Å²) in [6.45, 7) is 4.83. The number of fused-ring (bicyclic) bond motifs is 1. The van der Waals surface area contributed by atoms with E-state index in [1.54, 1.807) is 6.07 Å². The fraction of sp³-hybridized carbons (Fsp3) is 0.417. The maximum Gasteiger partial charge on any atom is 0.238 e. The molecule has 2 heterocycles. The third kappa shape index (κ3) is 5.54. The van der Waals surface area contributed by atoms with Crippen molar-refractivity contribution < 1.29 is 13.2 Å². The molecule has 0 saturated carbocycles. The van der Waals surface area contributed by atoms with Crippen LogP contribution in [-0.2, 0) is 27.8 Å². The van der Waals surface area contributed by atoms with E-state index in [9.17, 15) is 13.2 Å². The fourth-order valence-corrected chi connectivity index (χ4v) is 4.95. The fourth-order valence-electron chi connectivity index (χ4n) is 4.41. The van der Waals surface area contributed by atoms with Crippen molar-refractivity contribution in [2.45, 2.75) is 56.9 Å². The molecule has 0 unspecified atom stereocenters. The Morgan fingerprint density at radius 2 is 1.76 bits per heavy atom. The summed E-state index contributed by atoms with van der Waals surface area (Å²) in [7, 11) is -3.79. The first kappa shape index (κ1) is 23.3. The van der Waals surface area contributed by atoms with Crippen LogP contribution in [0.1, 0.15) is 44.9 Å². The first-order valence-corrected chi connectivity index (χ1v) is 13.1. The molecule has 0 spiro atoms. The monoisotopic (exact) mass is 469 g/mol. The number of benzene rings is 2. The van der Waals surface area contributed by atoms with Crippen molar-refractivity contribution >= 4 is 38.3 Å². The number of hydrogen-bond acceptors (Lipinski definition) is 5. The van der Waals surface area contributed by atoms with Gasteiger partial charge in [0, 0.05) is 43.9 Å². The van der Waals surface area contributed by atoms with E-state index < -0.39 is 10.0 Å². The molecule has 1 saturated heterocycles. The molecule has 0 radical (unpaired) electrons. The minimum absolute atomic E-state index is 0.0312. The zero-order valence-corrected chi connectivity index (χ0v) is 19.8. The second-order valence-corrected chi connectivity index (χ2v) is 10.0. The summed E-state index contributed by atoms with van der Waals surface area (Å²) in [5, 5.41) is 8.20. The number of rotatable bonds is 7. The summed E-state index contributed by atoms with van der Waals surface area (Å²) in [6.07, 6.45) is 5.77. The van der Waals surface area contributed by atoms with Gasteiger partial charge in [0.2, 0.25) is 15.9 Å². The maximum atomic E-state index is 12.6. The minimum Gasteiger partial charge on any atom is -0.372 e. The SMILES string of the molecule is CCn1c(CCC(=O)Nc2ccc(N3CCCCCC3)cc2)nc2cc(S(N)(=O)=O)ccc21. The molecule has 3 aromatic rings. The second-order valence-electron chi connectivity index (χ2n) is 8.46. The van der Waals surface area contributed by atoms with Gasteiger partial charge in [0.05, 0.1) is 15.9 Å². The number of nitrogens with zero attached hydrogens (tertiary/aromatic N) is 3. The maximum absolute atomic E-state index is 12.6. The molecule has 1 amide bonds.